The zero-order valence-corrected chi connectivity index (χ0v) is 17.6. The Hall–Kier alpha value is -2.67. The molecule has 0 spiro atoms. The lowest BCUT2D eigenvalue weighted by molar-refractivity contribution is -0.117. The van der Waals surface area contributed by atoms with Crippen molar-refractivity contribution in [3.05, 3.63) is 29.1 Å². The number of hydrogen-bond acceptors (Lipinski definition) is 6. The summed E-state index contributed by atoms with van der Waals surface area (Å²) < 4.78 is 6.07. The maximum Gasteiger partial charge on any atom is 0.350 e. The number of benzene rings is 1. The highest BCUT2D eigenvalue weighted by Crippen LogP contribution is 2.44. The third kappa shape index (κ3) is 3.44. The topological polar surface area (TPSA) is 85.5 Å². The summed E-state index contributed by atoms with van der Waals surface area (Å²) in [5.74, 6) is 0.0694. The molecule has 29 heavy (non-hydrogen) atoms. The highest BCUT2D eigenvalue weighted by molar-refractivity contribution is 7.22. The van der Waals surface area contributed by atoms with Gasteiger partial charge in [-0.3, -0.25) is 9.69 Å². The van der Waals surface area contributed by atoms with Gasteiger partial charge in [0.15, 0.2) is 0 Å². The van der Waals surface area contributed by atoms with Gasteiger partial charge in [0.1, 0.15) is 10.7 Å². The third-order valence-corrected chi connectivity index (χ3v) is 6.73. The van der Waals surface area contributed by atoms with Gasteiger partial charge in [0, 0.05) is 18.4 Å². The Labute approximate surface area is 173 Å². The van der Waals surface area contributed by atoms with Crippen molar-refractivity contribution in [3.63, 3.8) is 0 Å². The molecule has 0 unspecified atom stereocenters. The summed E-state index contributed by atoms with van der Waals surface area (Å²) in [7, 11) is 0. The number of carbonyl (C=O) groups is 2. The molecule has 1 aromatic carbocycles. The summed E-state index contributed by atoms with van der Waals surface area (Å²) in [5, 5.41) is 1.60. The van der Waals surface area contributed by atoms with E-state index < -0.39 is 5.97 Å². The molecule has 7 heteroatoms. The van der Waals surface area contributed by atoms with Gasteiger partial charge in [0.05, 0.1) is 27.9 Å². The molecule has 4 rings (SSSR count). The lowest BCUT2D eigenvalue weighted by Crippen LogP contribution is -2.41. The largest absolute Gasteiger partial charge is 0.462 e. The number of ether oxygens (including phenoxy) is 1. The standard InChI is InChI=1S/C22H25N3O3S/c1-3-28-22(27)20-18(23)17-19(29-20)15-11-7-8-12-16(15)24-21(17)25(13(2)26)14-9-5-4-6-10-14/h7-8,11-12,14H,3-6,9-10,23H2,1-2H3. The van der Waals surface area contributed by atoms with Crippen LogP contribution in [0.15, 0.2) is 24.3 Å². The first-order valence-electron chi connectivity index (χ1n) is 10.1. The Balaban J connectivity index is 2.00. The SMILES string of the molecule is CCOC(=O)c1sc2c(c(N(C(C)=O)C3CCCCC3)nc3ccccc32)c1N. The predicted molar refractivity (Wildman–Crippen MR) is 118 cm³/mol. The van der Waals surface area contributed by atoms with E-state index in [1.807, 2.05) is 24.3 Å². The van der Waals surface area contributed by atoms with Crippen molar-refractivity contribution < 1.29 is 14.3 Å². The molecule has 1 amide bonds. The van der Waals surface area contributed by atoms with E-state index in [1.165, 1.54) is 17.8 Å². The van der Waals surface area contributed by atoms with E-state index in [-0.39, 0.29) is 18.6 Å². The van der Waals surface area contributed by atoms with Crippen LogP contribution < -0.4 is 10.6 Å². The van der Waals surface area contributed by atoms with Gasteiger partial charge in [0.25, 0.3) is 0 Å². The van der Waals surface area contributed by atoms with Gasteiger partial charge in [0.2, 0.25) is 5.91 Å². The van der Waals surface area contributed by atoms with Gasteiger partial charge in [-0.1, -0.05) is 37.5 Å². The normalized spacial score (nSPS) is 15.0. The minimum Gasteiger partial charge on any atom is -0.462 e. The van der Waals surface area contributed by atoms with Crippen molar-refractivity contribution in [3.8, 4) is 0 Å². The zero-order valence-electron chi connectivity index (χ0n) is 16.7. The molecule has 1 aliphatic carbocycles. The number of hydrogen-bond donors (Lipinski definition) is 1. The maximum atomic E-state index is 12.7. The van der Waals surface area contributed by atoms with Crippen molar-refractivity contribution >= 4 is 55.7 Å². The molecule has 2 aromatic heterocycles. The molecular formula is C22H25N3O3S. The molecule has 1 aliphatic rings. The van der Waals surface area contributed by atoms with E-state index in [1.54, 1.807) is 18.7 Å². The highest BCUT2D eigenvalue weighted by Gasteiger charge is 2.30. The first kappa shape index (κ1) is 19.6. The summed E-state index contributed by atoms with van der Waals surface area (Å²) in [4.78, 5) is 32.3. The average molecular weight is 412 g/mol. The Morgan fingerprint density at radius 2 is 1.97 bits per heavy atom. The fourth-order valence-electron chi connectivity index (χ4n) is 4.23. The maximum absolute atomic E-state index is 12.7. The molecule has 3 aromatic rings. The number of rotatable bonds is 4. The van der Waals surface area contributed by atoms with Crippen LogP contribution in [0.25, 0.3) is 21.0 Å². The molecule has 0 bridgehead atoms. The Bertz CT molecular complexity index is 1090. The molecule has 152 valence electrons. The second-order valence-electron chi connectivity index (χ2n) is 7.40. The monoisotopic (exact) mass is 411 g/mol. The number of esters is 1. The molecule has 6 nitrogen and oxygen atoms in total. The van der Waals surface area contributed by atoms with Crippen molar-refractivity contribution in [1.82, 2.24) is 4.98 Å². The number of anilines is 2. The minimum atomic E-state index is -0.437. The molecule has 2 N–H and O–H groups in total. The predicted octanol–water partition coefficient (Wildman–Crippen LogP) is 4.89. The number of fused-ring (bicyclic) bond motifs is 3. The van der Waals surface area contributed by atoms with E-state index in [0.29, 0.717) is 21.8 Å². The van der Waals surface area contributed by atoms with Gasteiger partial charge in [-0.2, -0.15) is 0 Å². The molecule has 1 fully saturated rings. The van der Waals surface area contributed by atoms with Crippen LogP contribution in [0.4, 0.5) is 11.5 Å². The second-order valence-corrected chi connectivity index (χ2v) is 8.42. The lowest BCUT2D eigenvalue weighted by atomic mass is 9.94. The number of thiophene rings is 1. The molecule has 2 heterocycles. The van der Waals surface area contributed by atoms with Crippen LogP contribution in [0.5, 0.6) is 0 Å². The van der Waals surface area contributed by atoms with Crippen LogP contribution in [-0.4, -0.2) is 29.5 Å². The van der Waals surface area contributed by atoms with Crippen molar-refractivity contribution in [2.75, 3.05) is 17.2 Å². The van der Waals surface area contributed by atoms with Gasteiger partial charge >= 0.3 is 5.97 Å². The van der Waals surface area contributed by atoms with Crippen LogP contribution >= 0.6 is 11.3 Å². The zero-order chi connectivity index (χ0) is 20.5. The molecule has 0 radical (unpaired) electrons. The second kappa shape index (κ2) is 7.99. The van der Waals surface area contributed by atoms with Gasteiger partial charge in [-0.15, -0.1) is 11.3 Å². The molecular weight excluding hydrogens is 386 g/mol. The minimum absolute atomic E-state index is 0.0516. The molecule has 0 aliphatic heterocycles. The fraction of sp³-hybridized carbons (Fsp3) is 0.409. The van der Waals surface area contributed by atoms with E-state index in [9.17, 15) is 9.59 Å². The van der Waals surface area contributed by atoms with E-state index >= 15 is 0 Å². The molecule has 0 atom stereocenters. The number of amides is 1. The van der Waals surface area contributed by atoms with Crippen molar-refractivity contribution in [1.29, 1.82) is 0 Å². The number of carbonyl (C=O) groups excluding carboxylic acids is 2. The Kier molecular flexibility index (Phi) is 5.41. The summed E-state index contributed by atoms with van der Waals surface area (Å²) in [6, 6.07) is 7.86. The quantitative estimate of drug-likeness (QED) is 0.618. The summed E-state index contributed by atoms with van der Waals surface area (Å²) >= 11 is 1.31. The van der Waals surface area contributed by atoms with Crippen molar-refractivity contribution in [2.24, 2.45) is 0 Å². The van der Waals surface area contributed by atoms with Gasteiger partial charge < -0.3 is 10.5 Å². The van der Waals surface area contributed by atoms with Crippen LogP contribution in [0.1, 0.15) is 55.6 Å². The van der Waals surface area contributed by atoms with Crippen molar-refractivity contribution in [2.45, 2.75) is 52.0 Å². The first-order chi connectivity index (χ1) is 14.0. The average Bonchev–Trinajstić information content (AvgIpc) is 3.07. The summed E-state index contributed by atoms with van der Waals surface area (Å²) in [5.41, 5.74) is 7.59. The third-order valence-electron chi connectivity index (χ3n) is 5.51. The van der Waals surface area contributed by atoms with Gasteiger partial charge in [-0.25, -0.2) is 9.78 Å². The number of nitrogens with zero attached hydrogens (tertiary/aromatic N) is 2. The molecule has 0 saturated heterocycles. The van der Waals surface area contributed by atoms with Gasteiger partial charge in [-0.05, 0) is 25.8 Å². The number of para-hydroxylation sites is 1. The van der Waals surface area contributed by atoms with Crippen LogP contribution in [-0.2, 0) is 9.53 Å². The number of aromatic nitrogens is 1. The smallest absolute Gasteiger partial charge is 0.350 e. The van der Waals surface area contributed by atoms with E-state index in [0.717, 1.165) is 41.3 Å². The van der Waals surface area contributed by atoms with E-state index in [2.05, 4.69) is 0 Å². The van der Waals surface area contributed by atoms with Crippen LogP contribution in [0, 0.1) is 0 Å². The highest BCUT2D eigenvalue weighted by atomic mass is 32.1. The summed E-state index contributed by atoms with van der Waals surface area (Å²) in [6.45, 7) is 3.62. The molecule has 1 saturated carbocycles. The van der Waals surface area contributed by atoms with Crippen LogP contribution in [0.3, 0.4) is 0 Å². The number of nitrogens with two attached hydrogens (primary N) is 1. The Morgan fingerprint density at radius 3 is 2.66 bits per heavy atom. The Morgan fingerprint density at radius 1 is 1.24 bits per heavy atom. The van der Waals surface area contributed by atoms with E-state index in [4.69, 9.17) is 15.5 Å². The summed E-state index contributed by atoms with van der Waals surface area (Å²) in [6.07, 6.45) is 5.28. The number of nitrogen functional groups attached to an aromatic ring is 1. The fourth-order valence-corrected chi connectivity index (χ4v) is 5.37. The first-order valence-corrected chi connectivity index (χ1v) is 10.9. The lowest BCUT2D eigenvalue weighted by Gasteiger charge is -2.33. The number of pyridine rings is 1. The van der Waals surface area contributed by atoms with Crippen LogP contribution in [0.2, 0.25) is 0 Å².